The van der Waals surface area contributed by atoms with Crippen LogP contribution in [0.3, 0.4) is 0 Å². The third-order valence-electron chi connectivity index (χ3n) is 3.22. The van der Waals surface area contributed by atoms with Gasteiger partial charge >= 0.3 is 0 Å². The first-order valence-electron chi connectivity index (χ1n) is 6.25. The molecule has 0 fully saturated rings. The van der Waals surface area contributed by atoms with Gasteiger partial charge in [-0.25, -0.2) is 0 Å². The number of carbonyl (C=O) groups is 1. The summed E-state index contributed by atoms with van der Waals surface area (Å²) < 4.78 is 0. The summed E-state index contributed by atoms with van der Waals surface area (Å²) in [6.45, 7) is 6.01. The molecular formula is C14H20N2O. The molecule has 0 aliphatic carbocycles. The van der Waals surface area contributed by atoms with E-state index in [2.05, 4.69) is 13.8 Å². The van der Waals surface area contributed by atoms with Crippen LogP contribution in [0.2, 0.25) is 0 Å². The largest absolute Gasteiger partial charge is 0.399 e. The normalized spacial score (nSPS) is 14.5. The molecule has 2 rings (SSSR count). The van der Waals surface area contributed by atoms with Crippen molar-refractivity contribution in [2.45, 2.75) is 33.2 Å². The number of amides is 1. The van der Waals surface area contributed by atoms with Gasteiger partial charge in [0.05, 0.1) is 0 Å². The van der Waals surface area contributed by atoms with Gasteiger partial charge in [0.1, 0.15) is 0 Å². The summed E-state index contributed by atoms with van der Waals surface area (Å²) in [7, 11) is 0. The van der Waals surface area contributed by atoms with Crippen molar-refractivity contribution in [1.82, 2.24) is 4.90 Å². The number of benzene rings is 1. The van der Waals surface area contributed by atoms with Crippen LogP contribution in [0.1, 0.15) is 42.6 Å². The zero-order chi connectivity index (χ0) is 12.4. The Balaban J connectivity index is 2.00. The molecule has 0 spiro atoms. The summed E-state index contributed by atoms with van der Waals surface area (Å²) in [4.78, 5) is 14.0. The van der Waals surface area contributed by atoms with Crippen LogP contribution in [0.4, 0.5) is 5.69 Å². The summed E-state index contributed by atoms with van der Waals surface area (Å²) in [5.74, 6) is 0.835. The van der Waals surface area contributed by atoms with Crippen molar-refractivity contribution in [3.05, 3.63) is 29.3 Å². The molecule has 92 valence electrons. The first-order chi connectivity index (χ1) is 8.08. The smallest absolute Gasteiger partial charge is 0.254 e. The highest BCUT2D eigenvalue weighted by molar-refractivity contribution is 5.99. The molecular weight excluding hydrogens is 212 g/mol. The number of nitrogen functional groups attached to an aromatic ring is 1. The van der Waals surface area contributed by atoms with Crippen molar-refractivity contribution in [2.24, 2.45) is 5.92 Å². The summed E-state index contributed by atoms with van der Waals surface area (Å²) in [5.41, 5.74) is 8.27. The zero-order valence-electron chi connectivity index (χ0n) is 10.6. The van der Waals surface area contributed by atoms with Crippen LogP contribution in [-0.2, 0) is 6.54 Å². The van der Waals surface area contributed by atoms with E-state index in [4.69, 9.17) is 5.73 Å². The Labute approximate surface area is 103 Å². The predicted molar refractivity (Wildman–Crippen MR) is 69.7 cm³/mol. The maximum atomic E-state index is 12.1. The molecule has 0 unspecified atom stereocenters. The minimum absolute atomic E-state index is 0.135. The molecule has 1 amide bonds. The van der Waals surface area contributed by atoms with E-state index in [0.29, 0.717) is 11.6 Å². The Hall–Kier alpha value is -1.51. The highest BCUT2D eigenvalue weighted by atomic mass is 16.2. The van der Waals surface area contributed by atoms with Crippen molar-refractivity contribution in [2.75, 3.05) is 12.3 Å². The van der Waals surface area contributed by atoms with E-state index in [1.54, 1.807) is 6.07 Å². The third-order valence-corrected chi connectivity index (χ3v) is 3.22. The van der Waals surface area contributed by atoms with Crippen LogP contribution >= 0.6 is 0 Å². The first-order valence-corrected chi connectivity index (χ1v) is 6.25. The molecule has 0 saturated heterocycles. The van der Waals surface area contributed by atoms with Gasteiger partial charge in [0.2, 0.25) is 0 Å². The fraction of sp³-hybridized carbons (Fsp3) is 0.500. The lowest BCUT2D eigenvalue weighted by Gasteiger charge is -2.15. The topological polar surface area (TPSA) is 46.3 Å². The van der Waals surface area contributed by atoms with E-state index < -0.39 is 0 Å². The second-order valence-electron chi connectivity index (χ2n) is 5.18. The SMILES string of the molecule is CC(C)CCCN1Cc2ccc(N)cc2C1=O. The van der Waals surface area contributed by atoms with Crippen LogP contribution in [0.25, 0.3) is 0 Å². The van der Waals surface area contributed by atoms with Gasteiger partial charge in [-0.15, -0.1) is 0 Å². The van der Waals surface area contributed by atoms with Gasteiger partial charge in [0, 0.05) is 24.3 Å². The molecule has 3 nitrogen and oxygen atoms in total. The van der Waals surface area contributed by atoms with Gasteiger partial charge in [-0.3, -0.25) is 4.79 Å². The molecule has 2 N–H and O–H groups in total. The summed E-state index contributed by atoms with van der Waals surface area (Å²) in [5, 5.41) is 0. The minimum Gasteiger partial charge on any atom is -0.399 e. The number of anilines is 1. The van der Waals surface area contributed by atoms with Crippen LogP contribution in [0.5, 0.6) is 0 Å². The maximum Gasteiger partial charge on any atom is 0.254 e. The van der Waals surface area contributed by atoms with Gasteiger partial charge in [0.25, 0.3) is 5.91 Å². The Morgan fingerprint density at radius 2 is 2.18 bits per heavy atom. The molecule has 1 aromatic rings. The van der Waals surface area contributed by atoms with Crippen LogP contribution in [0.15, 0.2) is 18.2 Å². The second kappa shape index (κ2) is 4.78. The number of rotatable bonds is 4. The average Bonchev–Trinajstić information content (AvgIpc) is 2.56. The second-order valence-corrected chi connectivity index (χ2v) is 5.18. The molecule has 0 radical (unpaired) electrons. The predicted octanol–water partition coefficient (Wildman–Crippen LogP) is 2.66. The molecule has 1 aromatic carbocycles. The molecule has 1 aliphatic rings. The Kier molecular flexibility index (Phi) is 3.36. The Morgan fingerprint density at radius 3 is 2.88 bits per heavy atom. The molecule has 17 heavy (non-hydrogen) atoms. The van der Waals surface area contributed by atoms with Crippen molar-refractivity contribution in [3.63, 3.8) is 0 Å². The molecule has 0 bridgehead atoms. The standard InChI is InChI=1S/C14H20N2O/c1-10(2)4-3-7-16-9-11-5-6-12(15)8-13(11)14(16)17/h5-6,8,10H,3-4,7,9,15H2,1-2H3. The zero-order valence-corrected chi connectivity index (χ0v) is 10.6. The quantitative estimate of drug-likeness (QED) is 0.811. The molecule has 0 atom stereocenters. The Morgan fingerprint density at radius 1 is 1.41 bits per heavy atom. The lowest BCUT2D eigenvalue weighted by molar-refractivity contribution is 0.0774. The lowest BCUT2D eigenvalue weighted by Crippen LogP contribution is -2.25. The van der Waals surface area contributed by atoms with E-state index in [0.717, 1.165) is 30.6 Å². The van der Waals surface area contributed by atoms with E-state index in [-0.39, 0.29) is 5.91 Å². The number of nitrogens with two attached hydrogens (primary N) is 1. The first kappa shape index (κ1) is 12.0. The van der Waals surface area contributed by atoms with Crippen LogP contribution in [-0.4, -0.2) is 17.4 Å². The van der Waals surface area contributed by atoms with Crippen LogP contribution < -0.4 is 5.73 Å². The fourth-order valence-corrected chi connectivity index (χ4v) is 2.25. The number of hydrogen-bond acceptors (Lipinski definition) is 2. The van der Waals surface area contributed by atoms with E-state index >= 15 is 0 Å². The minimum atomic E-state index is 0.135. The van der Waals surface area contributed by atoms with Gasteiger partial charge < -0.3 is 10.6 Å². The maximum absolute atomic E-state index is 12.1. The number of nitrogens with zero attached hydrogens (tertiary/aromatic N) is 1. The van der Waals surface area contributed by atoms with Crippen molar-refractivity contribution in [3.8, 4) is 0 Å². The molecule has 0 aromatic heterocycles. The van der Waals surface area contributed by atoms with Gasteiger partial charge in [0.15, 0.2) is 0 Å². The monoisotopic (exact) mass is 232 g/mol. The molecule has 1 aliphatic heterocycles. The molecule has 0 saturated carbocycles. The van der Waals surface area contributed by atoms with Crippen molar-refractivity contribution >= 4 is 11.6 Å². The van der Waals surface area contributed by atoms with Gasteiger partial charge in [-0.2, -0.15) is 0 Å². The third kappa shape index (κ3) is 2.60. The molecule has 3 heteroatoms. The lowest BCUT2D eigenvalue weighted by atomic mass is 10.1. The number of carbonyl (C=O) groups excluding carboxylic acids is 1. The van der Waals surface area contributed by atoms with E-state index in [1.165, 1.54) is 6.42 Å². The van der Waals surface area contributed by atoms with Gasteiger partial charge in [-0.1, -0.05) is 19.9 Å². The summed E-state index contributed by atoms with van der Waals surface area (Å²) in [6.07, 6.45) is 2.25. The van der Waals surface area contributed by atoms with Crippen LogP contribution in [0, 0.1) is 5.92 Å². The highest BCUT2D eigenvalue weighted by Crippen LogP contribution is 2.25. The Bertz CT molecular complexity index is 426. The van der Waals surface area contributed by atoms with E-state index in [9.17, 15) is 4.79 Å². The van der Waals surface area contributed by atoms with Crippen molar-refractivity contribution in [1.29, 1.82) is 0 Å². The van der Waals surface area contributed by atoms with Crippen molar-refractivity contribution < 1.29 is 4.79 Å². The van der Waals surface area contributed by atoms with E-state index in [1.807, 2.05) is 17.0 Å². The summed E-state index contributed by atoms with van der Waals surface area (Å²) >= 11 is 0. The highest BCUT2D eigenvalue weighted by Gasteiger charge is 2.26. The summed E-state index contributed by atoms with van der Waals surface area (Å²) in [6, 6.07) is 5.62. The number of fused-ring (bicyclic) bond motifs is 1. The number of hydrogen-bond donors (Lipinski definition) is 1. The molecule has 1 heterocycles. The fourth-order valence-electron chi connectivity index (χ4n) is 2.25. The average molecular weight is 232 g/mol. The van der Waals surface area contributed by atoms with Gasteiger partial charge in [-0.05, 0) is 36.5 Å².